The largest absolute Gasteiger partial charge is 0.478 e. The molecule has 1 rings (SSSR count). The Kier molecular flexibility index (Phi) is 3.00. The molecule has 0 aliphatic rings. The number of carbonyl (C=O) groups is 1. The summed E-state index contributed by atoms with van der Waals surface area (Å²) in [6.07, 6.45) is 0. The van der Waals surface area contributed by atoms with Gasteiger partial charge in [-0.3, -0.25) is 0 Å². The Balaban J connectivity index is 3.28. The summed E-state index contributed by atoms with van der Waals surface area (Å²) >= 11 is 2.96. The Labute approximate surface area is 81.9 Å². The fraction of sp³-hybridized carbons (Fsp3) is 0.125. The van der Waals surface area contributed by atoms with E-state index in [1.165, 1.54) is 6.07 Å². The zero-order valence-corrected chi connectivity index (χ0v) is 8.01. The first kappa shape index (κ1) is 10.1. The van der Waals surface area contributed by atoms with Crippen LogP contribution >= 0.6 is 15.9 Å². The highest BCUT2D eigenvalue weighted by Crippen LogP contribution is 2.22. The first-order valence-corrected chi connectivity index (χ1v) is 4.17. The summed E-state index contributed by atoms with van der Waals surface area (Å²) in [6, 6.07) is 2.12. The van der Waals surface area contributed by atoms with Crippen molar-refractivity contribution < 1.29 is 19.4 Å². The molecule has 0 bridgehead atoms. The van der Waals surface area contributed by atoms with Gasteiger partial charge in [0.25, 0.3) is 0 Å². The molecule has 1 aromatic rings. The number of hydrogen-bond donors (Lipinski definition) is 2. The number of carboxylic acids is 1. The highest BCUT2D eigenvalue weighted by Gasteiger charge is 2.11. The molecule has 0 heterocycles. The van der Waals surface area contributed by atoms with Crippen molar-refractivity contribution in [3.05, 3.63) is 33.5 Å². The molecule has 0 radical (unpaired) electrons. The van der Waals surface area contributed by atoms with Crippen LogP contribution in [0.5, 0.6) is 0 Å². The first-order chi connectivity index (χ1) is 6.06. The molecule has 0 saturated heterocycles. The Morgan fingerprint density at radius 1 is 1.54 bits per heavy atom. The van der Waals surface area contributed by atoms with E-state index in [9.17, 15) is 9.18 Å². The molecule has 0 amide bonds. The molecule has 0 atom stereocenters. The smallest absolute Gasteiger partial charge is 0.335 e. The Morgan fingerprint density at radius 3 is 2.54 bits per heavy atom. The molecule has 0 aromatic heterocycles. The summed E-state index contributed by atoms with van der Waals surface area (Å²) in [4.78, 5) is 10.5. The molecular weight excluding hydrogens is 243 g/mol. The highest BCUT2D eigenvalue weighted by molar-refractivity contribution is 9.10. The maximum atomic E-state index is 13.0. The van der Waals surface area contributed by atoms with Gasteiger partial charge in [-0.1, -0.05) is 15.9 Å². The van der Waals surface area contributed by atoms with Gasteiger partial charge >= 0.3 is 5.97 Å². The number of benzene rings is 1. The van der Waals surface area contributed by atoms with E-state index < -0.39 is 18.4 Å². The predicted molar refractivity (Wildman–Crippen MR) is 47.0 cm³/mol. The van der Waals surface area contributed by atoms with E-state index in [0.29, 0.717) is 0 Å². The summed E-state index contributed by atoms with van der Waals surface area (Å²) in [7, 11) is 0. The van der Waals surface area contributed by atoms with Crippen LogP contribution in [0.25, 0.3) is 0 Å². The van der Waals surface area contributed by atoms with Crippen LogP contribution in [0.15, 0.2) is 16.6 Å². The van der Waals surface area contributed by atoms with Crippen molar-refractivity contribution in [3.63, 3.8) is 0 Å². The summed E-state index contributed by atoms with van der Waals surface area (Å²) in [6.45, 7) is -0.466. The molecule has 0 aliphatic heterocycles. The zero-order chi connectivity index (χ0) is 10.0. The zero-order valence-electron chi connectivity index (χ0n) is 6.42. The summed E-state index contributed by atoms with van der Waals surface area (Å²) < 4.78 is 13.3. The average Bonchev–Trinajstić information content (AvgIpc) is 2.03. The summed E-state index contributed by atoms with van der Waals surface area (Å²) in [5.41, 5.74) is -0.0911. The van der Waals surface area contributed by atoms with Gasteiger partial charge in [0.15, 0.2) is 0 Å². The minimum Gasteiger partial charge on any atom is -0.478 e. The minimum absolute atomic E-state index is 0.0602. The molecule has 1 aromatic carbocycles. The Morgan fingerprint density at radius 2 is 2.15 bits per heavy atom. The van der Waals surface area contributed by atoms with Crippen molar-refractivity contribution >= 4 is 21.9 Å². The topological polar surface area (TPSA) is 57.5 Å². The quantitative estimate of drug-likeness (QED) is 0.839. The fourth-order valence-electron chi connectivity index (χ4n) is 0.878. The van der Waals surface area contributed by atoms with E-state index in [-0.39, 0.29) is 15.6 Å². The van der Waals surface area contributed by atoms with Crippen LogP contribution in [0, 0.1) is 5.82 Å². The Bertz CT molecular complexity index is 328. The molecular formula is C8H6BrFO3. The first-order valence-electron chi connectivity index (χ1n) is 3.38. The van der Waals surface area contributed by atoms with Gasteiger partial charge < -0.3 is 10.2 Å². The number of aromatic carboxylic acids is 1. The number of aliphatic hydroxyl groups excluding tert-OH is 1. The van der Waals surface area contributed by atoms with Gasteiger partial charge in [-0.2, -0.15) is 0 Å². The lowest BCUT2D eigenvalue weighted by Crippen LogP contribution is -2.00. The molecule has 13 heavy (non-hydrogen) atoms. The van der Waals surface area contributed by atoms with Crippen LogP contribution in [0.3, 0.4) is 0 Å². The van der Waals surface area contributed by atoms with Gasteiger partial charge in [0.1, 0.15) is 5.82 Å². The van der Waals surface area contributed by atoms with Crippen molar-refractivity contribution in [3.8, 4) is 0 Å². The SMILES string of the molecule is O=C(O)c1cc(F)c(CO)c(Br)c1. The normalized spacial score (nSPS) is 10.1. The van der Waals surface area contributed by atoms with Crippen LogP contribution in [0.1, 0.15) is 15.9 Å². The third kappa shape index (κ3) is 2.05. The fourth-order valence-corrected chi connectivity index (χ4v) is 1.44. The van der Waals surface area contributed by atoms with E-state index in [4.69, 9.17) is 10.2 Å². The Hall–Kier alpha value is -0.940. The molecule has 0 saturated carbocycles. The number of rotatable bonds is 2. The molecule has 0 unspecified atom stereocenters. The highest BCUT2D eigenvalue weighted by atomic mass is 79.9. The second-order valence-corrected chi connectivity index (χ2v) is 3.24. The molecule has 2 N–H and O–H groups in total. The summed E-state index contributed by atoms with van der Waals surface area (Å²) in [5, 5.41) is 17.3. The maximum absolute atomic E-state index is 13.0. The van der Waals surface area contributed by atoms with E-state index in [1.54, 1.807) is 0 Å². The van der Waals surface area contributed by atoms with Crippen LogP contribution in [0.4, 0.5) is 4.39 Å². The molecule has 70 valence electrons. The van der Waals surface area contributed by atoms with Crippen LogP contribution in [-0.2, 0) is 6.61 Å². The third-order valence-corrected chi connectivity index (χ3v) is 2.25. The maximum Gasteiger partial charge on any atom is 0.335 e. The van der Waals surface area contributed by atoms with E-state index >= 15 is 0 Å². The second-order valence-electron chi connectivity index (χ2n) is 2.38. The van der Waals surface area contributed by atoms with E-state index in [2.05, 4.69) is 15.9 Å². The van der Waals surface area contributed by atoms with Crippen LogP contribution in [0.2, 0.25) is 0 Å². The van der Waals surface area contributed by atoms with E-state index in [1.807, 2.05) is 0 Å². The molecule has 0 aliphatic carbocycles. The van der Waals surface area contributed by atoms with Crippen molar-refractivity contribution in [1.29, 1.82) is 0 Å². The van der Waals surface area contributed by atoms with Crippen molar-refractivity contribution in [1.82, 2.24) is 0 Å². The number of carboxylic acid groups (broad SMARTS) is 1. The molecule has 3 nitrogen and oxygen atoms in total. The molecule has 0 spiro atoms. The van der Waals surface area contributed by atoms with Gasteiger partial charge in [-0.15, -0.1) is 0 Å². The van der Waals surface area contributed by atoms with Crippen LogP contribution in [-0.4, -0.2) is 16.2 Å². The lowest BCUT2D eigenvalue weighted by molar-refractivity contribution is 0.0696. The van der Waals surface area contributed by atoms with E-state index in [0.717, 1.165) is 6.07 Å². The molecule has 5 heteroatoms. The van der Waals surface area contributed by atoms with Gasteiger partial charge in [0, 0.05) is 10.0 Å². The molecule has 0 fully saturated rings. The van der Waals surface area contributed by atoms with Gasteiger partial charge in [-0.25, -0.2) is 9.18 Å². The van der Waals surface area contributed by atoms with Gasteiger partial charge in [0.2, 0.25) is 0 Å². The van der Waals surface area contributed by atoms with Crippen molar-refractivity contribution in [2.75, 3.05) is 0 Å². The minimum atomic E-state index is -1.20. The van der Waals surface area contributed by atoms with Gasteiger partial charge in [0.05, 0.1) is 12.2 Å². The number of hydrogen-bond acceptors (Lipinski definition) is 2. The predicted octanol–water partition coefficient (Wildman–Crippen LogP) is 1.78. The van der Waals surface area contributed by atoms with Crippen molar-refractivity contribution in [2.45, 2.75) is 6.61 Å². The lowest BCUT2D eigenvalue weighted by atomic mass is 10.1. The summed E-state index contributed by atoms with van der Waals surface area (Å²) in [5.74, 6) is -1.93. The average molecular weight is 249 g/mol. The van der Waals surface area contributed by atoms with Gasteiger partial charge in [-0.05, 0) is 12.1 Å². The number of halogens is 2. The number of aliphatic hydroxyl groups is 1. The lowest BCUT2D eigenvalue weighted by Gasteiger charge is -2.03. The van der Waals surface area contributed by atoms with Crippen molar-refractivity contribution in [2.24, 2.45) is 0 Å². The standard InChI is InChI=1S/C8H6BrFO3/c9-6-1-4(8(12)13)2-7(10)5(6)3-11/h1-2,11H,3H2,(H,12,13). The monoisotopic (exact) mass is 248 g/mol. The van der Waals surface area contributed by atoms with Crippen LogP contribution < -0.4 is 0 Å². The second kappa shape index (κ2) is 3.85. The third-order valence-electron chi connectivity index (χ3n) is 1.55.